The highest BCUT2D eigenvalue weighted by molar-refractivity contribution is 4.82. The SMILES string of the molecule is CNC(CC(C)(C)C)C1CCCCC1. The first-order chi connectivity index (χ1) is 6.53. The summed E-state index contributed by atoms with van der Waals surface area (Å²) >= 11 is 0. The van der Waals surface area contributed by atoms with Crippen molar-refractivity contribution in [3.8, 4) is 0 Å². The molecule has 1 atom stereocenters. The highest BCUT2D eigenvalue weighted by Gasteiger charge is 2.26. The van der Waals surface area contributed by atoms with Gasteiger partial charge in [0, 0.05) is 6.04 Å². The standard InChI is InChI=1S/C13H27N/c1-13(2,3)10-12(14-4)11-8-6-5-7-9-11/h11-12,14H,5-10H2,1-4H3. The van der Waals surface area contributed by atoms with Crippen LogP contribution >= 0.6 is 0 Å². The van der Waals surface area contributed by atoms with Crippen LogP contribution in [0.3, 0.4) is 0 Å². The molecule has 1 unspecified atom stereocenters. The highest BCUT2D eigenvalue weighted by Crippen LogP contribution is 2.32. The Bertz CT molecular complexity index is 151. The fraction of sp³-hybridized carbons (Fsp3) is 1.00. The zero-order valence-electron chi connectivity index (χ0n) is 10.4. The van der Waals surface area contributed by atoms with E-state index in [1.807, 2.05) is 0 Å². The maximum Gasteiger partial charge on any atom is 0.00973 e. The molecule has 84 valence electrons. The quantitative estimate of drug-likeness (QED) is 0.729. The van der Waals surface area contributed by atoms with Crippen LogP contribution in [0.15, 0.2) is 0 Å². The van der Waals surface area contributed by atoms with Gasteiger partial charge in [-0.1, -0.05) is 40.0 Å². The van der Waals surface area contributed by atoms with Gasteiger partial charge in [-0.05, 0) is 37.6 Å². The average molecular weight is 197 g/mol. The molecule has 0 spiro atoms. The number of nitrogens with one attached hydrogen (secondary N) is 1. The van der Waals surface area contributed by atoms with Gasteiger partial charge in [0.1, 0.15) is 0 Å². The Balaban J connectivity index is 2.43. The van der Waals surface area contributed by atoms with Crippen LogP contribution in [-0.4, -0.2) is 13.1 Å². The lowest BCUT2D eigenvalue weighted by Gasteiger charge is -2.34. The lowest BCUT2D eigenvalue weighted by molar-refractivity contribution is 0.214. The summed E-state index contributed by atoms with van der Waals surface area (Å²) in [6, 6.07) is 0.746. The van der Waals surface area contributed by atoms with Crippen molar-refractivity contribution in [2.45, 2.75) is 65.3 Å². The van der Waals surface area contributed by atoms with Gasteiger partial charge in [0.25, 0.3) is 0 Å². The lowest BCUT2D eigenvalue weighted by Crippen LogP contribution is -2.37. The van der Waals surface area contributed by atoms with E-state index in [1.54, 1.807) is 0 Å². The second kappa shape index (κ2) is 5.16. The van der Waals surface area contributed by atoms with Crippen molar-refractivity contribution in [3.05, 3.63) is 0 Å². The molecule has 1 aliphatic rings. The second-order valence-electron chi connectivity index (χ2n) is 6.06. The van der Waals surface area contributed by atoms with Crippen LogP contribution in [-0.2, 0) is 0 Å². The van der Waals surface area contributed by atoms with E-state index in [1.165, 1.54) is 38.5 Å². The summed E-state index contributed by atoms with van der Waals surface area (Å²) in [5.74, 6) is 0.938. The van der Waals surface area contributed by atoms with Gasteiger partial charge in [-0.2, -0.15) is 0 Å². The molecule has 1 fully saturated rings. The van der Waals surface area contributed by atoms with E-state index in [2.05, 4.69) is 33.1 Å². The molecule has 0 aliphatic heterocycles. The minimum absolute atomic E-state index is 0.463. The van der Waals surface area contributed by atoms with Crippen LogP contribution in [0.4, 0.5) is 0 Å². The summed E-state index contributed by atoms with van der Waals surface area (Å²) < 4.78 is 0. The maximum absolute atomic E-state index is 3.53. The van der Waals surface area contributed by atoms with Crippen LogP contribution < -0.4 is 5.32 Å². The molecule has 0 radical (unpaired) electrons. The molecule has 0 aromatic carbocycles. The van der Waals surface area contributed by atoms with Crippen molar-refractivity contribution in [1.82, 2.24) is 5.32 Å². The maximum atomic E-state index is 3.53. The normalized spacial score (nSPS) is 22.3. The summed E-state index contributed by atoms with van der Waals surface area (Å²) in [5.41, 5.74) is 0.463. The molecule has 0 aromatic heterocycles. The second-order valence-corrected chi connectivity index (χ2v) is 6.06. The minimum Gasteiger partial charge on any atom is -0.317 e. The van der Waals surface area contributed by atoms with E-state index in [4.69, 9.17) is 0 Å². The minimum atomic E-state index is 0.463. The molecular weight excluding hydrogens is 170 g/mol. The van der Waals surface area contributed by atoms with Crippen molar-refractivity contribution in [1.29, 1.82) is 0 Å². The molecule has 14 heavy (non-hydrogen) atoms. The van der Waals surface area contributed by atoms with Crippen LogP contribution in [0.1, 0.15) is 59.3 Å². The Morgan fingerprint density at radius 1 is 1.14 bits per heavy atom. The van der Waals surface area contributed by atoms with Crippen molar-refractivity contribution >= 4 is 0 Å². The topological polar surface area (TPSA) is 12.0 Å². The Labute approximate surface area is 89.7 Å². The summed E-state index contributed by atoms with van der Waals surface area (Å²) in [4.78, 5) is 0. The number of rotatable bonds is 3. The summed E-state index contributed by atoms with van der Waals surface area (Å²) in [5, 5.41) is 3.53. The fourth-order valence-electron chi connectivity index (χ4n) is 2.70. The van der Waals surface area contributed by atoms with Gasteiger partial charge in [-0.15, -0.1) is 0 Å². The van der Waals surface area contributed by atoms with Crippen molar-refractivity contribution < 1.29 is 0 Å². The molecule has 1 N–H and O–H groups in total. The summed E-state index contributed by atoms with van der Waals surface area (Å²) in [7, 11) is 2.13. The lowest BCUT2D eigenvalue weighted by atomic mass is 9.77. The molecule has 0 amide bonds. The van der Waals surface area contributed by atoms with Gasteiger partial charge in [0.15, 0.2) is 0 Å². The van der Waals surface area contributed by atoms with E-state index in [9.17, 15) is 0 Å². The molecule has 1 heteroatoms. The third-order valence-electron chi connectivity index (χ3n) is 3.42. The highest BCUT2D eigenvalue weighted by atomic mass is 14.9. The van der Waals surface area contributed by atoms with E-state index in [-0.39, 0.29) is 0 Å². The van der Waals surface area contributed by atoms with Gasteiger partial charge >= 0.3 is 0 Å². The van der Waals surface area contributed by atoms with Gasteiger partial charge < -0.3 is 5.32 Å². The van der Waals surface area contributed by atoms with Crippen LogP contribution in [0.2, 0.25) is 0 Å². The Morgan fingerprint density at radius 2 is 1.71 bits per heavy atom. The van der Waals surface area contributed by atoms with E-state index in [0.29, 0.717) is 5.41 Å². The summed E-state index contributed by atoms with van der Waals surface area (Å²) in [6.45, 7) is 7.04. The van der Waals surface area contributed by atoms with Crippen LogP contribution in [0.5, 0.6) is 0 Å². The molecule has 1 nitrogen and oxygen atoms in total. The smallest absolute Gasteiger partial charge is 0.00973 e. The third-order valence-corrected chi connectivity index (χ3v) is 3.42. The molecule has 0 saturated heterocycles. The zero-order valence-corrected chi connectivity index (χ0v) is 10.4. The largest absolute Gasteiger partial charge is 0.317 e. The Hall–Kier alpha value is -0.0400. The predicted octanol–water partition coefficient (Wildman–Crippen LogP) is 3.59. The van der Waals surface area contributed by atoms with Gasteiger partial charge in [-0.25, -0.2) is 0 Å². The summed E-state index contributed by atoms with van der Waals surface area (Å²) in [6.07, 6.45) is 8.57. The molecule has 1 rings (SSSR count). The van der Waals surface area contributed by atoms with Crippen LogP contribution in [0.25, 0.3) is 0 Å². The fourth-order valence-corrected chi connectivity index (χ4v) is 2.70. The molecule has 0 aromatic rings. The Kier molecular flexibility index (Phi) is 4.43. The van der Waals surface area contributed by atoms with E-state index >= 15 is 0 Å². The average Bonchev–Trinajstić information content (AvgIpc) is 2.14. The molecular formula is C13H27N. The first-order valence-corrected chi connectivity index (χ1v) is 6.20. The zero-order chi connectivity index (χ0) is 10.6. The van der Waals surface area contributed by atoms with Crippen LogP contribution in [0, 0.1) is 11.3 Å². The van der Waals surface area contributed by atoms with E-state index in [0.717, 1.165) is 12.0 Å². The van der Waals surface area contributed by atoms with E-state index < -0.39 is 0 Å². The molecule has 1 aliphatic carbocycles. The van der Waals surface area contributed by atoms with Gasteiger partial charge in [-0.3, -0.25) is 0 Å². The monoisotopic (exact) mass is 197 g/mol. The molecule has 0 heterocycles. The first-order valence-electron chi connectivity index (χ1n) is 6.20. The van der Waals surface area contributed by atoms with Crippen molar-refractivity contribution in [2.24, 2.45) is 11.3 Å². The van der Waals surface area contributed by atoms with Crippen molar-refractivity contribution in [2.75, 3.05) is 7.05 Å². The first kappa shape index (κ1) is 12.0. The Morgan fingerprint density at radius 3 is 2.14 bits per heavy atom. The molecule has 0 bridgehead atoms. The predicted molar refractivity (Wildman–Crippen MR) is 63.5 cm³/mol. The van der Waals surface area contributed by atoms with Crippen molar-refractivity contribution in [3.63, 3.8) is 0 Å². The number of hydrogen-bond donors (Lipinski definition) is 1. The molecule has 1 saturated carbocycles. The van der Waals surface area contributed by atoms with Gasteiger partial charge in [0.2, 0.25) is 0 Å². The van der Waals surface area contributed by atoms with Gasteiger partial charge in [0.05, 0.1) is 0 Å². The number of hydrogen-bond acceptors (Lipinski definition) is 1. The third kappa shape index (κ3) is 4.00.